The summed E-state index contributed by atoms with van der Waals surface area (Å²) in [6, 6.07) is 28.2. The van der Waals surface area contributed by atoms with E-state index in [-0.39, 0.29) is 31.3 Å². The molecule has 0 spiro atoms. The van der Waals surface area contributed by atoms with Gasteiger partial charge in [0.25, 0.3) is 5.91 Å². The number of likely N-dealkylation sites (N-methyl/N-ethyl adjacent to an activating group) is 1. The minimum Gasteiger partial charge on any atom is -0.488 e. The van der Waals surface area contributed by atoms with Crippen molar-refractivity contribution in [3.63, 3.8) is 0 Å². The summed E-state index contributed by atoms with van der Waals surface area (Å²) in [5, 5.41) is 15.6. The first-order valence-electron chi connectivity index (χ1n) is 15.8. The van der Waals surface area contributed by atoms with Gasteiger partial charge in [-0.3, -0.25) is 9.69 Å². The van der Waals surface area contributed by atoms with Crippen LogP contribution in [0.1, 0.15) is 29.8 Å². The van der Waals surface area contributed by atoms with Gasteiger partial charge in [0.15, 0.2) is 11.5 Å². The maximum atomic E-state index is 13.8. The van der Waals surface area contributed by atoms with Crippen molar-refractivity contribution in [3.05, 3.63) is 102 Å². The van der Waals surface area contributed by atoms with E-state index in [1.165, 1.54) is 16.7 Å². The lowest BCUT2D eigenvalue weighted by Crippen LogP contribution is -2.49. The van der Waals surface area contributed by atoms with Crippen LogP contribution in [-0.2, 0) is 6.54 Å². The van der Waals surface area contributed by atoms with Crippen molar-refractivity contribution in [1.29, 1.82) is 0 Å². The number of hydrogen-bond donors (Lipinski definition) is 3. The number of fused-ring (bicyclic) bond motifs is 2. The summed E-state index contributed by atoms with van der Waals surface area (Å²) in [6.45, 7) is 5.62. The fraction of sp³-hybridized carbons (Fsp3) is 0.297. The molecule has 0 radical (unpaired) electrons. The van der Waals surface area contributed by atoms with Gasteiger partial charge in [0.2, 0.25) is 6.79 Å². The molecule has 0 aliphatic carbocycles. The highest BCUT2D eigenvalue weighted by atomic mass is 16.7. The molecule has 244 valence electrons. The standard InChI is InChI=1S/C37H40N4O6/c1-24-19-41(25(2)22-42)36(43)31-17-29(38-37(44)39-30-14-16-33-34(18-30)46-23-45-33)13-15-32(31)47-35(24)21-40(3)20-26-9-11-28(12-10-26)27-7-5-4-6-8-27/h4-18,24-25,35,42H,19-23H2,1-3H3,(H2,38,39,44)/t24-,25+,35+/m0/s1. The Morgan fingerprint density at radius 1 is 0.915 bits per heavy atom. The van der Waals surface area contributed by atoms with Crippen LogP contribution in [0.5, 0.6) is 17.2 Å². The number of carbonyl (C=O) groups excluding carboxylic acids is 2. The van der Waals surface area contributed by atoms with E-state index in [9.17, 15) is 14.7 Å². The van der Waals surface area contributed by atoms with E-state index in [4.69, 9.17) is 14.2 Å². The third-order valence-electron chi connectivity index (χ3n) is 8.56. The Hall–Kier alpha value is -5.06. The number of benzene rings is 4. The Balaban J connectivity index is 1.17. The zero-order valence-electron chi connectivity index (χ0n) is 26.8. The molecular weight excluding hydrogens is 596 g/mol. The predicted molar refractivity (Wildman–Crippen MR) is 181 cm³/mol. The zero-order chi connectivity index (χ0) is 32.9. The van der Waals surface area contributed by atoms with Gasteiger partial charge in [0.1, 0.15) is 11.9 Å². The molecule has 0 fully saturated rings. The first-order chi connectivity index (χ1) is 22.8. The average molecular weight is 637 g/mol. The van der Waals surface area contributed by atoms with Crippen molar-refractivity contribution in [2.24, 2.45) is 5.92 Å². The highest BCUT2D eigenvalue weighted by Gasteiger charge is 2.33. The second-order valence-corrected chi connectivity index (χ2v) is 12.2. The molecule has 10 nitrogen and oxygen atoms in total. The molecule has 47 heavy (non-hydrogen) atoms. The molecule has 10 heteroatoms. The van der Waals surface area contributed by atoms with Gasteiger partial charge in [0, 0.05) is 43.0 Å². The lowest BCUT2D eigenvalue weighted by molar-refractivity contribution is 0.0341. The number of hydrogen-bond acceptors (Lipinski definition) is 7. The molecule has 0 bridgehead atoms. The molecule has 3 N–H and O–H groups in total. The average Bonchev–Trinajstić information content (AvgIpc) is 3.55. The quantitative estimate of drug-likeness (QED) is 0.204. The van der Waals surface area contributed by atoms with Gasteiger partial charge in [-0.25, -0.2) is 4.79 Å². The van der Waals surface area contributed by atoms with Crippen LogP contribution < -0.4 is 24.8 Å². The summed E-state index contributed by atoms with van der Waals surface area (Å²) in [4.78, 5) is 30.6. The normalized spacial score (nSPS) is 17.7. The van der Waals surface area contributed by atoms with Crippen LogP contribution >= 0.6 is 0 Å². The number of rotatable bonds is 9. The number of nitrogens with one attached hydrogen (secondary N) is 2. The number of urea groups is 1. The maximum Gasteiger partial charge on any atom is 0.323 e. The van der Waals surface area contributed by atoms with Crippen LogP contribution in [0.4, 0.5) is 16.2 Å². The Bertz CT molecular complexity index is 1710. The Morgan fingerprint density at radius 3 is 2.30 bits per heavy atom. The summed E-state index contributed by atoms with van der Waals surface area (Å²) in [5.41, 5.74) is 4.83. The molecule has 0 saturated heterocycles. The molecule has 6 rings (SSSR count). The van der Waals surface area contributed by atoms with Gasteiger partial charge in [0.05, 0.1) is 18.2 Å². The molecule has 2 aliphatic rings. The van der Waals surface area contributed by atoms with Gasteiger partial charge in [-0.05, 0) is 61.0 Å². The minimum absolute atomic E-state index is 0.0192. The molecule has 0 unspecified atom stereocenters. The zero-order valence-corrected chi connectivity index (χ0v) is 26.8. The fourth-order valence-electron chi connectivity index (χ4n) is 5.90. The smallest absolute Gasteiger partial charge is 0.323 e. The Morgan fingerprint density at radius 2 is 1.57 bits per heavy atom. The summed E-state index contributed by atoms with van der Waals surface area (Å²) in [7, 11) is 2.06. The summed E-state index contributed by atoms with van der Waals surface area (Å²) in [5.74, 6) is 1.33. The van der Waals surface area contributed by atoms with Gasteiger partial charge in [-0.1, -0.05) is 61.5 Å². The number of amides is 3. The van der Waals surface area contributed by atoms with Gasteiger partial charge >= 0.3 is 6.03 Å². The highest BCUT2D eigenvalue weighted by Crippen LogP contribution is 2.35. The van der Waals surface area contributed by atoms with E-state index in [1.54, 1.807) is 41.3 Å². The van der Waals surface area contributed by atoms with E-state index in [0.717, 1.165) is 6.54 Å². The van der Waals surface area contributed by atoms with Gasteiger partial charge < -0.3 is 34.9 Å². The fourth-order valence-corrected chi connectivity index (χ4v) is 5.90. The number of anilines is 2. The third kappa shape index (κ3) is 7.51. The molecule has 3 amide bonds. The van der Waals surface area contributed by atoms with Crippen LogP contribution in [0.3, 0.4) is 0 Å². The van der Waals surface area contributed by atoms with Crippen molar-refractivity contribution in [1.82, 2.24) is 9.80 Å². The monoisotopic (exact) mass is 636 g/mol. The van der Waals surface area contributed by atoms with Crippen LogP contribution in [-0.4, -0.2) is 72.5 Å². The molecule has 4 aromatic rings. The number of ether oxygens (including phenoxy) is 3. The Kier molecular flexibility index (Phi) is 9.60. The van der Waals surface area contributed by atoms with Crippen LogP contribution in [0.2, 0.25) is 0 Å². The number of aliphatic hydroxyl groups excluding tert-OH is 1. The van der Waals surface area contributed by atoms with Crippen LogP contribution in [0.25, 0.3) is 11.1 Å². The van der Waals surface area contributed by atoms with Crippen molar-refractivity contribution in [2.45, 2.75) is 32.5 Å². The highest BCUT2D eigenvalue weighted by molar-refractivity contribution is 6.02. The topological polar surface area (TPSA) is 113 Å². The maximum absolute atomic E-state index is 13.8. The Labute approximate surface area is 274 Å². The second kappa shape index (κ2) is 14.1. The molecule has 3 atom stereocenters. The van der Waals surface area contributed by atoms with Crippen molar-refractivity contribution in [3.8, 4) is 28.4 Å². The first kappa shape index (κ1) is 31.9. The van der Waals surface area contributed by atoms with Crippen molar-refractivity contribution in [2.75, 3.05) is 44.2 Å². The van der Waals surface area contributed by atoms with Crippen molar-refractivity contribution >= 4 is 23.3 Å². The molecule has 0 aromatic heterocycles. The molecule has 2 heterocycles. The number of nitrogens with zero attached hydrogens (tertiary/aromatic N) is 2. The third-order valence-corrected chi connectivity index (χ3v) is 8.56. The summed E-state index contributed by atoms with van der Waals surface area (Å²) in [6.07, 6.45) is -0.239. The van der Waals surface area contributed by atoms with E-state index < -0.39 is 12.1 Å². The summed E-state index contributed by atoms with van der Waals surface area (Å²) < 4.78 is 17.3. The molecular formula is C37H40N4O6. The molecule has 4 aromatic carbocycles. The largest absolute Gasteiger partial charge is 0.488 e. The number of aliphatic hydroxyl groups is 1. The van der Waals surface area contributed by atoms with Gasteiger partial charge in [-0.15, -0.1) is 0 Å². The van der Waals surface area contributed by atoms with Crippen LogP contribution in [0, 0.1) is 5.92 Å². The first-order valence-corrected chi connectivity index (χ1v) is 15.8. The number of carbonyl (C=O) groups is 2. The van der Waals surface area contributed by atoms with Gasteiger partial charge in [-0.2, -0.15) is 0 Å². The SMILES string of the molecule is C[C@H](CO)N1C[C@H](C)[C@@H](CN(C)Cc2ccc(-c3ccccc3)cc2)Oc2ccc(NC(=O)Nc3ccc4c(c3)OCO4)cc2C1=O. The molecule has 0 saturated carbocycles. The van der Waals surface area contributed by atoms with Crippen molar-refractivity contribution < 1.29 is 28.9 Å². The van der Waals surface area contributed by atoms with E-state index >= 15 is 0 Å². The predicted octanol–water partition coefficient (Wildman–Crippen LogP) is 6.08. The molecule has 2 aliphatic heterocycles. The summed E-state index contributed by atoms with van der Waals surface area (Å²) >= 11 is 0. The van der Waals surface area contributed by atoms with E-state index in [1.807, 2.05) is 25.1 Å². The lowest BCUT2D eigenvalue weighted by Gasteiger charge is -2.38. The second-order valence-electron chi connectivity index (χ2n) is 12.2. The van der Waals surface area contributed by atoms with E-state index in [0.29, 0.717) is 47.3 Å². The van der Waals surface area contributed by atoms with E-state index in [2.05, 4.69) is 65.9 Å². The minimum atomic E-state index is -0.478. The lowest BCUT2D eigenvalue weighted by atomic mass is 9.99. The van der Waals surface area contributed by atoms with Crippen LogP contribution in [0.15, 0.2) is 91.0 Å².